The molecular formula is C21H24N4O5. The molecule has 0 spiro atoms. The molecule has 0 aliphatic rings. The van der Waals surface area contributed by atoms with E-state index in [0.29, 0.717) is 17.1 Å². The summed E-state index contributed by atoms with van der Waals surface area (Å²) in [6, 6.07) is 12.7. The van der Waals surface area contributed by atoms with Crippen LogP contribution in [-0.4, -0.2) is 48.3 Å². The number of carbonyl (C=O) groups is 4. The maximum Gasteiger partial charge on any atom is 0.338 e. The summed E-state index contributed by atoms with van der Waals surface area (Å²) < 4.78 is 5.02. The van der Waals surface area contributed by atoms with E-state index < -0.39 is 24.4 Å². The van der Waals surface area contributed by atoms with Gasteiger partial charge in [0.05, 0.1) is 12.1 Å². The Labute approximate surface area is 174 Å². The van der Waals surface area contributed by atoms with Crippen LogP contribution in [-0.2, 0) is 19.1 Å². The number of benzene rings is 2. The molecule has 0 unspecified atom stereocenters. The number of anilines is 3. The van der Waals surface area contributed by atoms with Crippen LogP contribution in [0.3, 0.4) is 0 Å². The molecule has 0 aliphatic heterocycles. The predicted molar refractivity (Wildman–Crippen MR) is 113 cm³/mol. The highest BCUT2D eigenvalue weighted by Gasteiger charge is 2.18. The van der Waals surface area contributed by atoms with E-state index in [4.69, 9.17) is 10.5 Å². The SMILES string of the molecule is CCN(CC(=O)Nc1ccc(NC(C)=O)cc1)C(=O)COC(=O)c1ccc(N)cc1. The summed E-state index contributed by atoms with van der Waals surface area (Å²) in [5.74, 6) is -1.73. The van der Waals surface area contributed by atoms with Crippen molar-refractivity contribution in [2.75, 3.05) is 36.1 Å². The number of nitrogen functional groups attached to an aromatic ring is 1. The zero-order chi connectivity index (χ0) is 22.1. The third-order valence-corrected chi connectivity index (χ3v) is 4.03. The van der Waals surface area contributed by atoms with Gasteiger partial charge in [-0.2, -0.15) is 0 Å². The molecule has 158 valence electrons. The lowest BCUT2D eigenvalue weighted by atomic mass is 10.2. The van der Waals surface area contributed by atoms with E-state index in [-0.39, 0.29) is 24.6 Å². The predicted octanol–water partition coefficient (Wildman–Crippen LogP) is 1.87. The first-order valence-corrected chi connectivity index (χ1v) is 9.26. The van der Waals surface area contributed by atoms with E-state index in [1.54, 1.807) is 43.3 Å². The average molecular weight is 412 g/mol. The van der Waals surface area contributed by atoms with Crippen molar-refractivity contribution in [1.29, 1.82) is 0 Å². The fourth-order valence-corrected chi connectivity index (χ4v) is 2.51. The third kappa shape index (κ3) is 6.93. The Morgan fingerprint density at radius 2 is 1.50 bits per heavy atom. The van der Waals surface area contributed by atoms with Crippen molar-refractivity contribution in [3.05, 3.63) is 54.1 Å². The van der Waals surface area contributed by atoms with Crippen LogP contribution in [0.2, 0.25) is 0 Å². The van der Waals surface area contributed by atoms with Gasteiger partial charge in [0.1, 0.15) is 0 Å². The van der Waals surface area contributed by atoms with Crippen molar-refractivity contribution in [3.63, 3.8) is 0 Å². The number of nitrogens with two attached hydrogens (primary N) is 1. The molecule has 0 atom stereocenters. The first-order chi connectivity index (χ1) is 14.3. The number of carbonyl (C=O) groups excluding carboxylic acids is 4. The molecule has 9 nitrogen and oxygen atoms in total. The zero-order valence-corrected chi connectivity index (χ0v) is 16.8. The number of nitrogens with zero attached hydrogens (tertiary/aromatic N) is 1. The van der Waals surface area contributed by atoms with Gasteiger partial charge in [0.2, 0.25) is 11.8 Å². The van der Waals surface area contributed by atoms with Gasteiger partial charge in [-0.1, -0.05) is 0 Å². The summed E-state index contributed by atoms with van der Waals surface area (Å²) in [6.07, 6.45) is 0. The van der Waals surface area contributed by atoms with E-state index in [0.717, 1.165) is 0 Å². The number of rotatable bonds is 8. The summed E-state index contributed by atoms with van der Waals surface area (Å²) >= 11 is 0. The maximum absolute atomic E-state index is 12.3. The molecule has 4 N–H and O–H groups in total. The highest BCUT2D eigenvalue weighted by Crippen LogP contribution is 2.13. The number of hydrogen-bond donors (Lipinski definition) is 3. The Hall–Kier alpha value is -3.88. The Bertz CT molecular complexity index is 910. The Morgan fingerprint density at radius 1 is 0.933 bits per heavy atom. The molecule has 0 aromatic heterocycles. The van der Waals surface area contributed by atoms with Crippen LogP contribution in [0, 0.1) is 0 Å². The van der Waals surface area contributed by atoms with E-state index >= 15 is 0 Å². The zero-order valence-electron chi connectivity index (χ0n) is 16.8. The summed E-state index contributed by atoms with van der Waals surface area (Å²) in [4.78, 5) is 48.8. The van der Waals surface area contributed by atoms with Gasteiger partial charge in [-0.3, -0.25) is 14.4 Å². The first-order valence-electron chi connectivity index (χ1n) is 9.26. The third-order valence-electron chi connectivity index (χ3n) is 4.03. The number of ether oxygens (including phenoxy) is 1. The first kappa shape index (κ1) is 22.4. The lowest BCUT2D eigenvalue weighted by molar-refractivity contribution is -0.137. The fraction of sp³-hybridized carbons (Fsp3) is 0.238. The number of likely N-dealkylation sites (N-methyl/N-ethyl adjacent to an activating group) is 1. The van der Waals surface area contributed by atoms with Gasteiger partial charge in [0.25, 0.3) is 5.91 Å². The summed E-state index contributed by atoms with van der Waals surface area (Å²) in [7, 11) is 0. The van der Waals surface area contributed by atoms with Gasteiger partial charge in [-0.15, -0.1) is 0 Å². The van der Waals surface area contributed by atoms with Crippen LogP contribution < -0.4 is 16.4 Å². The van der Waals surface area contributed by atoms with Crippen LogP contribution in [0.5, 0.6) is 0 Å². The quantitative estimate of drug-likeness (QED) is 0.448. The van der Waals surface area contributed by atoms with Crippen molar-refractivity contribution in [2.24, 2.45) is 0 Å². The van der Waals surface area contributed by atoms with E-state index in [9.17, 15) is 19.2 Å². The molecule has 2 aromatic rings. The summed E-state index contributed by atoms with van der Waals surface area (Å²) in [5, 5.41) is 5.30. The number of esters is 1. The highest BCUT2D eigenvalue weighted by atomic mass is 16.5. The van der Waals surface area contributed by atoms with Gasteiger partial charge in [-0.25, -0.2) is 4.79 Å². The summed E-state index contributed by atoms with van der Waals surface area (Å²) in [5.41, 5.74) is 7.48. The number of nitrogens with one attached hydrogen (secondary N) is 2. The van der Waals surface area contributed by atoms with Crippen molar-refractivity contribution in [2.45, 2.75) is 13.8 Å². The molecule has 0 heterocycles. The minimum absolute atomic E-state index is 0.192. The monoisotopic (exact) mass is 412 g/mol. The smallest absolute Gasteiger partial charge is 0.338 e. The standard InChI is InChI=1S/C21H24N4O5/c1-3-25(20(28)13-30-21(29)15-4-6-16(22)7-5-15)12-19(27)24-18-10-8-17(9-11-18)23-14(2)26/h4-11H,3,12-13,22H2,1-2H3,(H,23,26)(H,24,27). The number of amides is 3. The minimum Gasteiger partial charge on any atom is -0.452 e. The van der Waals surface area contributed by atoms with Crippen LogP contribution >= 0.6 is 0 Å². The van der Waals surface area contributed by atoms with Gasteiger partial charge in [0, 0.05) is 30.5 Å². The molecule has 3 amide bonds. The fourth-order valence-electron chi connectivity index (χ4n) is 2.51. The molecule has 9 heteroatoms. The lowest BCUT2D eigenvalue weighted by Crippen LogP contribution is -2.40. The second-order valence-electron chi connectivity index (χ2n) is 6.41. The van der Waals surface area contributed by atoms with Crippen molar-refractivity contribution in [3.8, 4) is 0 Å². The molecule has 2 rings (SSSR count). The molecule has 0 saturated carbocycles. The molecule has 0 saturated heterocycles. The molecule has 2 aromatic carbocycles. The largest absolute Gasteiger partial charge is 0.452 e. The second kappa shape index (κ2) is 10.6. The van der Waals surface area contributed by atoms with Crippen molar-refractivity contribution in [1.82, 2.24) is 4.90 Å². The van der Waals surface area contributed by atoms with Crippen LogP contribution in [0.1, 0.15) is 24.2 Å². The van der Waals surface area contributed by atoms with Gasteiger partial charge >= 0.3 is 5.97 Å². The van der Waals surface area contributed by atoms with Gasteiger partial charge in [0.15, 0.2) is 6.61 Å². The van der Waals surface area contributed by atoms with Crippen molar-refractivity contribution >= 4 is 40.8 Å². The van der Waals surface area contributed by atoms with E-state index in [1.165, 1.54) is 24.0 Å². The molecule has 30 heavy (non-hydrogen) atoms. The average Bonchev–Trinajstić information content (AvgIpc) is 2.71. The van der Waals surface area contributed by atoms with Crippen LogP contribution in [0.15, 0.2) is 48.5 Å². The summed E-state index contributed by atoms with van der Waals surface area (Å²) in [6.45, 7) is 2.72. The maximum atomic E-state index is 12.3. The highest BCUT2D eigenvalue weighted by molar-refractivity contribution is 5.96. The van der Waals surface area contributed by atoms with Gasteiger partial charge in [-0.05, 0) is 55.5 Å². The molecule has 0 bridgehead atoms. The number of hydrogen-bond acceptors (Lipinski definition) is 6. The Morgan fingerprint density at radius 3 is 2.03 bits per heavy atom. The second-order valence-corrected chi connectivity index (χ2v) is 6.41. The minimum atomic E-state index is -0.650. The topological polar surface area (TPSA) is 131 Å². The molecule has 0 radical (unpaired) electrons. The van der Waals surface area contributed by atoms with Gasteiger partial charge < -0.3 is 26.0 Å². The Balaban J connectivity index is 1.85. The van der Waals surface area contributed by atoms with Crippen LogP contribution in [0.4, 0.5) is 17.1 Å². The normalized spacial score (nSPS) is 10.1. The molecule has 0 aliphatic carbocycles. The molecular weight excluding hydrogens is 388 g/mol. The van der Waals surface area contributed by atoms with Crippen LogP contribution in [0.25, 0.3) is 0 Å². The van der Waals surface area contributed by atoms with E-state index in [2.05, 4.69) is 10.6 Å². The van der Waals surface area contributed by atoms with Crippen molar-refractivity contribution < 1.29 is 23.9 Å². The lowest BCUT2D eigenvalue weighted by Gasteiger charge is -2.20. The Kier molecular flexibility index (Phi) is 7.92. The van der Waals surface area contributed by atoms with E-state index in [1.807, 2.05) is 0 Å². The molecule has 0 fully saturated rings.